The van der Waals surface area contributed by atoms with E-state index in [-0.39, 0.29) is 149 Å². The average Bonchev–Trinajstić information content (AvgIpc) is 0. The van der Waals surface area contributed by atoms with Crippen molar-refractivity contribution in [2.45, 2.75) is 0 Å². The van der Waals surface area contributed by atoms with Gasteiger partial charge >= 0.3 is 86.6 Å². The summed E-state index contributed by atoms with van der Waals surface area (Å²) < 4.78 is 0. The van der Waals surface area contributed by atoms with Crippen LogP contribution in [-0.2, 0) is 0 Å². The van der Waals surface area contributed by atoms with Gasteiger partial charge in [0.1, 0.15) is 0 Å². The second kappa shape index (κ2) is 48.3. The van der Waals surface area contributed by atoms with Crippen LogP contribution in [0.3, 0.4) is 0 Å². The van der Waals surface area contributed by atoms with Crippen molar-refractivity contribution in [3.63, 3.8) is 0 Å². The molecule has 0 unspecified atom stereocenters. The monoisotopic (exact) mass is 354 g/mol. The number of hydrogen-bond acceptors (Lipinski definition) is 0. The number of halogens is 5. The number of rotatable bonds is 0. The quantitative estimate of drug-likeness (QED) is 0.379. The summed E-state index contributed by atoms with van der Waals surface area (Å²) in [5.74, 6) is 0. The van der Waals surface area contributed by atoms with E-state index < -0.39 is 0 Å². The van der Waals surface area contributed by atoms with Gasteiger partial charge in [-0.25, -0.2) is 0 Å². The summed E-state index contributed by atoms with van der Waals surface area (Å²) in [4.78, 5) is 0. The van der Waals surface area contributed by atoms with Gasteiger partial charge in [0.15, 0.2) is 0 Å². The summed E-state index contributed by atoms with van der Waals surface area (Å²) in [6.07, 6.45) is 0. The molecule has 0 N–H and O–H groups in total. The second-order valence-electron chi connectivity index (χ2n) is 0. The van der Waals surface area contributed by atoms with E-state index in [1.165, 1.54) is 0 Å². The van der Waals surface area contributed by atoms with Crippen molar-refractivity contribution in [1.29, 1.82) is 0 Å². The Labute approximate surface area is 145 Å². The first-order chi connectivity index (χ1) is 0. The van der Waals surface area contributed by atoms with Crippen LogP contribution in [0.2, 0.25) is 0 Å². The Balaban J connectivity index is 0. The van der Waals surface area contributed by atoms with Gasteiger partial charge in [-0.15, -0.1) is 12.4 Å². The van der Waals surface area contributed by atoms with Crippen molar-refractivity contribution >= 4 is 99.0 Å². The fraction of sp³-hybridized carbons (Fsp3) is 0. The molecule has 7 heavy (non-hydrogen) atoms. The number of hydrogen-bond donors (Lipinski definition) is 0. The van der Waals surface area contributed by atoms with E-state index in [9.17, 15) is 0 Å². The van der Waals surface area contributed by atoms with Crippen LogP contribution in [0, 0.1) is 0 Å². The molecule has 0 heterocycles. The van der Waals surface area contributed by atoms with E-state index >= 15 is 0 Å². The van der Waals surface area contributed by atoms with Crippen molar-refractivity contribution < 1.29 is 49.6 Å². The third-order valence-corrected chi connectivity index (χ3v) is 0. The summed E-state index contributed by atoms with van der Waals surface area (Å²) >= 11 is 0. The van der Waals surface area contributed by atoms with Crippen LogP contribution in [0.15, 0.2) is 0 Å². The van der Waals surface area contributed by atoms with E-state index in [4.69, 9.17) is 0 Å². The van der Waals surface area contributed by atoms with Crippen LogP contribution in [0.4, 0.5) is 0 Å². The molecule has 0 aliphatic carbocycles. The third kappa shape index (κ3) is 38.5. The van der Waals surface area contributed by atoms with Crippen molar-refractivity contribution in [2.24, 2.45) is 0 Å². The Morgan fingerprint density at radius 2 is 0.571 bits per heavy atom. The predicted molar refractivity (Wildman–Crippen MR) is 18.8 cm³/mol. The SMILES string of the molecule is Cl.[Ba+2].[Ca+2].[Cl-].[Cl-].[Cl-].[Cl-]. The van der Waals surface area contributed by atoms with Gasteiger partial charge in [0.25, 0.3) is 0 Å². The van der Waals surface area contributed by atoms with Crippen molar-refractivity contribution in [1.82, 2.24) is 0 Å². The second-order valence-corrected chi connectivity index (χ2v) is 0. The van der Waals surface area contributed by atoms with Gasteiger partial charge in [0, 0.05) is 0 Å². The minimum Gasteiger partial charge on any atom is -1.00 e. The summed E-state index contributed by atoms with van der Waals surface area (Å²) in [5.41, 5.74) is 0. The molecule has 0 atom stereocenters. The molecule has 0 saturated heterocycles. The Hall–Kier alpha value is 4.28. The largest absolute Gasteiger partial charge is 2.00 e. The molecule has 0 bridgehead atoms. The van der Waals surface area contributed by atoms with Gasteiger partial charge in [-0.1, -0.05) is 0 Å². The first-order valence-electron chi connectivity index (χ1n) is 0. The maximum Gasteiger partial charge on any atom is 2.00 e. The van der Waals surface area contributed by atoms with Crippen LogP contribution in [0.5, 0.6) is 0 Å². The zero-order chi connectivity index (χ0) is 0. The van der Waals surface area contributed by atoms with E-state index in [2.05, 4.69) is 0 Å². The first-order valence-corrected chi connectivity index (χ1v) is 0. The molecule has 0 aliphatic rings. The minimum absolute atomic E-state index is 0. The summed E-state index contributed by atoms with van der Waals surface area (Å²) in [7, 11) is 0. The first kappa shape index (κ1) is 65.1. The zero-order valence-corrected chi connectivity index (χ0v) is 13.8. The van der Waals surface area contributed by atoms with Crippen LogP contribution >= 0.6 is 12.4 Å². The molecular formula is HBaCaCl5. The fourth-order valence-electron chi connectivity index (χ4n) is 0. The maximum atomic E-state index is 0. The third-order valence-electron chi connectivity index (χ3n) is 0. The van der Waals surface area contributed by atoms with Gasteiger partial charge in [0.2, 0.25) is 0 Å². The zero-order valence-electron chi connectivity index (χ0n) is 3.33. The molecule has 0 fully saturated rings. The van der Waals surface area contributed by atoms with E-state index in [1.54, 1.807) is 0 Å². The van der Waals surface area contributed by atoms with Crippen LogP contribution in [0.1, 0.15) is 0 Å². The van der Waals surface area contributed by atoms with Crippen molar-refractivity contribution in [2.75, 3.05) is 0 Å². The molecule has 0 aromatic carbocycles. The minimum atomic E-state index is 0. The maximum absolute atomic E-state index is 0. The van der Waals surface area contributed by atoms with Crippen LogP contribution in [0.25, 0.3) is 0 Å². The molecule has 0 amide bonds. The van der Waals surface area contributed by atoms with E-state index in [0.717, 1.165) is 0 Å². The van der Waals surface area contributed by atoms with Gasteiger partial charge in [-0.2, -0.15) is 0 Å². The Morgan fingerprint density at radius 1 is 0.571 bits per heavy atom. The topological polar surface area (TPSA) is 0 Å². The molecule has 0 aromatic rings. The molecule has 40 valence electrons. The fourth-order valence-corrected chi connectivity index (χ4v) is 0. The van der Waals surface area contributed by atoms with Gasteiger partial charge < -0.3 is 49.6 Å². The predicted octanol–water partition coefficient (Wildman–Crippen LogP) is -12.3. The van der Waals surface area contributed by atoms with Gasteiger partial charge in [-0.3, -0.25) is 0 Å². The molecule has 0 spiro atoms. The Bertz CT molecular complexity index is 8.04. The van der Waals surface area contributed by atoms with Crippen LogP contribution in [-0.4, -0.2) is 86.6 Å². The summed E-state index contributed by atoms with van der Waals surface area (Å²) in [6.45, 7) is 0. The Kier molecular flexibility index (Phi) is 449. The van der Waals surface area contributed by atoms with Gasteiger partial charge in [-0.05, 0) is 0 Å². The Morgan fingerprint density at radius 3 is 0.571 bits per heavy atom. The normalized spacial score (nSPS) is 0. The van der Waals surface area contributed by atoms with E-state index in [0.29, 0.717) is 0 Å². The van der Waals surface area contributed by atoms with E-state index in [1.807, 2.05) is 0 Å². The molecule has 0 saturated carbocycles. The molecule has 0 rings (SSSR count). The molecule has 7 heteroatoms. The molecule has 0 radical (unpaired) electrons. The standard InChI is InChI=1S/Ba.Ca.5ClH/h;;5*1H/q2*+2;;;;;/p-4. The average molecular weight is 356 g/mol. The summed E-state index contributed by atoms with van der Waals surface area (Å²) in [6, 6.07) is 0. The molecular weight excluding hydrogens is 355 g/mol. The molecule has 0 aromatic heterocycles. The molecule has 0 aliphatic heterocycles. The van der Waals surface area contributed by atoms with Crippen molar-refractivity contribution in [3.05, 3.63) is 0 Å². The summed E-state index contributed by atoms with van der Waals surface area (Å²) in [5, 5.41) is 0. The van der Waals surface area contributed by atoms with Gasteiger partial charge in [0.05, 0.1) is 0 Å². The van der Waals surface area contributed by atoms with Crippen molar-refractivity contribution in [3.8, 4) is 0 Å². The smallest absolute Gasteiger partial charge is 1.00 e. The molecule has 0 nitrogen and oxygen atoms in total. The van der Waals surface area contributed by atoms with Crippen LogP contribution < -0.4 is 49.6 Å².